The van der Waals surface area contributed by atoms with Crippen molar-refractivity contribution in [1.29, 1.82) is 0 Å². The molecule has 62 valence electrons. The molecule has 0 aliphatic carbocycles. The van der Waals surface area contributed by atoms with Gasteiger partial charge in [-0.15, -0.1) is 0 Å². The number of hydrogen-bond donors (Lipinski definition) is 1. The summed E-state index contributed by atoms with van der Waals surface area (Å²) in [5, 5.41) is 6.94. The first-order valence-corrected chi connectivity index (χ1v) is 3.95. The average Bonchev–Trinajstić information content (AvgIpc) is 2.62. The van der Waals surface area contributed by atoms with Crippen molar-refractivity contribution < 1.29 is 4.52 Å². The molecule has 0 amide bonds. The van der Waals surface area contributed by atoms with Crippen LogP contribution in [0.3, 0.4) is 0 Å². The molecule has 1 aliphatic rings. The van der Waals surface area contributed by atoms with Gasteiger partial charge in [-0.3, -0.25) is 0 Å². The van der Waals surface area contributed by atoms with Gasteiger partial charge >= 0.3 is 0 Å². The minimum atomic E-state index is 0.647. The molecule has 0 aromatic carbocycles. The molecular weight excluding hydrogens is 156 g/mol. The summed E-state index contributed by atoms with van der Waals surface area (Å²) in [6, 6.07) is 0. The lowest BCUT2D eigenvalue weighted by molar-refractivity contribution is 0.445. The minimum Gasteiger partial charge on any atom is -0.334 e. The highest BCUT2D eigenvalue weighted by Crippen LogP contribution is 2.16. The normalized spacial score (nSPS) is 16.7. The van der Waals surface area contributed by atoms with Crippen LogP contribution in [0.5, 0.6) is 0 Å². The molecule has 12 heavy (non-hydrogen) atoms. The van der Waals surface area contributed by atoms with Crippen LogP contribution < -0.4 is 5.32 Å². The fraction of sp³-hybridized carbons (Fsp3) is 0.429. The second-order valence-corrected chi connectivity index (χ2v) is 2.87. The second kappa shape index (κ2) is 2.07. The molecule has 0 saturated heterocycles. The van der Waals surface area contributed by atoms with E-state index in [1.165, 1.54) is 0 Å². The Kier molecular flexibility index (Phi) is 1.07. The molecule has 0 bridgehead atoms. The number of aromatic nitrogens is 3. The first kappa shape index (κ1) is 6.19. The van der Waals surface area contributed by atoms with E-state index in [4.69, 9.17) is 4.52 Å². The summed E-state index contributed by atoms with van der Waals surface area (Å²) < 4.78 is 7.10. The maximum absolute atomic E-state index is 4.96. The Hall–Kier alpha value is -1.36. The summed E-state index contributed by atoms with van der Waals surface area (Å²) in [5.41, 5.74) is 1.65. The molecule has 0 radical (unpaired) electrons. The highest BCUT2D eigenvalue weighted by atomic mass is 16.5. The summed E-state index contributed by atoms with van der Waals surface area (Å²) >= 11 is 0. The summed E-state index contributed by atoms with van der Waals surface area (Å²) in [4.78, 5) is 4.28. The molecule has 5 nitrogen and oxygen atoms in total. The van der Waals surface area contributed by atoms with Crippen molar-refractivity contribution >= 4 is 11.2 Å². The Bertz CT molecular complexity index is 416. The Balaban J connectivity index is 2.34. The van der Waals surface area contributed by atoms with Crippen LogP contribution in [0.2, 0.25) is 0 Å². The van der Waals surface area contributed by atoms with Crippen LogP contribution >= 0.6 is 0 Å². The van der Waals surface area contributed by atoms with Gasteiger partial charge in [0.05, 0.1) is 12.7 Å². The number of rotatable bonds is 0. The molecule has 0 spiro atoms. The van der Waals surface area contributed by atoms with Crippen molar-refractivity contribution in [2.45, 2.75) is 13.1 Å². The predicted molar refractivity (Wildman–Crippen MR) is 41.5 cm³/mol. The van der Waals surface area contributed by atoms with E-state index in [0.29, 0.717) is 5.71 Å². The van der Waals surface area contributed by atoms with E-state index in [-0.39, 0.29) is 0 Å². The number of hydrogen-bond acceptors (Lipinski definition) is 4. The molecule has 1 aliphatic heterocycles. The SMILES string of the molecule is c1noc2nc3n(c12)CCNC3. The average molecular weight is 164 g/mol. The molecule has 0 fully saturated rings. The zero-order valence-electron chi connectivity index (χ0n) is 6.45. The van der Waals surface area contributed by atoms with Gasteiger partial charge in [0, 0.05) is 13.1 Å². The van der Waals surface area contributed by atoms with Crippen LogP contribution in [0.4, 0.5) is 0 Å². The van der Waals surface area contributed by atoms with E-state index in [2.05, 4.69) is 20.0 Å². The first-order chi connectivity index (χ1) is 5.95. The monoisotopic (exact) mass is 164 g/mol. The van der Waals surface area contributed by atoms with Crippen LogP contribution in [0.1, 0.15) is 5.82 Å². The topological polar surface area (TPSA) is 55.9 Å². The van der Waals surface area contributed by atoms with Gasteiger partial charge in [-0.1, -0.05) is 5.16 Å². The minimum absolute atomic E-state index is 0.647. The van der Waals surface area contributed by atoms with Crippen LogP contribution in [-0.4, -0.2) is 21.3 Å². The smallest absolute Gasteiger partial charge is 0.276 e. The summed E-state index contributed by atoms with van der Waals surface area (Å²) in [6.45, 7) is 2.76. The Morgan fingerprint density at radius 3 is 3.58 bits per heavy atom. The zero-order chi connectivity index (χ0) is 7.97. The molecule has 1 N–H and O–H groups in total. The van der Waals surface area contributed by atoms with E-state index in [0.717, 1.165) is 31.0 Å². The lowest BCUT2D eigenvalue weighted by atomic mass is 10.4. The van der Waals surface area contributed by atoms with Crippen molar-refractivity contribution in [3.63, 3.8) is 0 Å². The van der Waals surface area contributed by atoms with Crippen LogP contribution in [0.15, 0.2) is 10.7 Å². The van der Waals surface area contributed by atoms with Gasteiger partial charge in [-0.25, -0.2) is 0 Å². The molecule has 2 aromatic heterocycles. The van der Waals surface area contributed by atoms with E-state index in [9.17, 15) is 0 Å². The molecule has 0 saturated carbocycles. The highest BCUT2D eigenvalue weighted by molar-refractivity contribution is 5.68. The standard InChI is InChI=1S/C7H8N4O/c1-2-11-5-3-9-12-7(5)10-6(11)4-8-1/h3,8H,1-2,4H2. The van der Waals surface area contributed by atoms with Crippen molar-refractivity contribution in [3.05, 3.63) is 12.0 Å². The van der Waals surface area contributed by atoms with Crippen molar-refractivity contribution in [1.82, 2.24) is 20.0 Å². The lowest BCUT2D eigenvalue weighted by Crippen LogP contribution is -2.28. The highest BCUT2D eigenvalue weighted by Gasteiger charge is 2.15. The third-order valence-electron chi connectivity index (χ3n) is 2.16. The van der Waals surface area contributed by atoms with Crippen molar-refractivity contribution in [3.8, 4) is 0 Å². The Morgan fingerprint density at radius 2 is 2.58 bits per heavy atom. The number of imidazole rings is 1. The predicted octanol–water partition coefficient (Wildman–Crippen LogP) is 0.127. The summed E-state index contributed by atoms with van der Waals surface area (Å²) in [5.74, 6) is 1.04. The van der Waals surface area contributed by atoms with Gasteiger partial charge < -0.3 is 14.4 Å². The first-order valence-electron chi connectivity index (χ1n) is 3.95. The molecule has 2 aromatic rings. The van der Waals surface area contributed by atoms with Crippen LogP contribution in [0, 0.1) is 0 Å². The fourth-order valence-corrected chi connectivity index (χ4v) is 1.58. The maximum Gasteiger partial charge on any atom is 0.276 e. The van der Waals surface area contributed by atoms with Gasteiger partial charge in [-0.05, 0) is 0 Å². The van der Waals surface area contributed by atoms with Crippen molar-refractivity contribution in [2.75, 3.05) is 6.54 Å². The van der Waals surface area contributed by atoms with Crippen LogP contribution in [-0.2, 0) is 13.1 Å². The Morgan fingerprint density at radius 1 is 1.58 bits per heavy atom. The molecular formula is C7H8N4O. The van der Waals surface area contributed by atoms with E-state index < -0.39 is 0 Å². The molecule has 0 unspecified atom stereocenters. The lowest BCUT2D eigenvalue weighted by Gasteiger charge is -2.14. The van der Waals surface area contributed by atoms with E-state index in [1.807, 2.05) is 0 Å². The van der Waals surface area contributed by atoms with Gasteiger partial charge in [0.25, 0.3) is 5.71 Å². The fourth-order valence-electron chi connectivity index (χ4n) is 1.58. The van der Waals surface area contributed by atoms with Gasteiger partial charge in [0.15, 0.2) is 0 Å². The third-order valence-corrected chi connectivity index (χ3v) is 2.16. The van der Waals surface area contributed by atoms with Crippen LogP contribution in [0.25, 0.3) is 11.2 Å². The van der Waals surface area contributed by atoms with Gasteiger partial charge in [0.2, 0.25) is 0 Å². The molecule has 3 heterocycles. The van der Waals surface area contributed by atoms with E-state index in [1.54, 1.807) is 6.20 Å². The molecule has 5 heteroatoms. The molecule has 0 atom stereocenters. The van der Waals surface area contributed by atoms with Gasteiger partial charge in [-0.2, -0.15) is 4.98 Å². The summed E-state index contributed by atoms with van der Waals surface area (Å²) in [7, 11) is 0. The number of fused-ring (bicyclic) bond motifs is 3. The third kappa shape index (κ3) is 0.660. The number of nitrogens with zero attached hydrogens (tertiary/aromatic N) is 3. The second-order valence-electron chi connectivity index (χ2n) is 2.87. The molecule has 3 rings (SSSR count). The zero-order valence-corrected chi connectivity index (χ0v) is 6.45. The van der Waals surface area contributed by atoms with Gasteiger partial charge in [0.1, 0.15) is 11.3 Å². The Labute approximate surface area is 68.4 Å². The largest absolute Gasteiger partial charge is 0.334 e. The van der Waals surface area contributed by atoms with E-state index >= 15 is 0 Å². The summed E-state index contributed by atoms with van der Waals surface area (Å²) in [6.07, 6.45) is 1.72. The maximum atomic E-state index is 4.96. The van der Waals surface area contributed by atoms with Crippen molar-refractivity contribution in [2.24, 2.45) is 0 Å². The quantitative estimate of drug-likeness (QED) is 0.601. The number of nitrogens with one attached hydrogen (secondary N) is 1.